The molecule has 1 N–H and O–H groups in total. The zero-order chi connectivity index (χ0) is 25.2. The summed E-state index contributed by atoms with van der Waals surface area (Å²) in [5, 5.41) is 0. The second-order valence-electron chi connectivity index (χ2n) is 9.89. The lowest BCUT2D eigenvalue weighted by molar-refractivity contribution is -0.132. The zero-order valence-corrected chi connectivity index (χ0v) is 21.0. The van der Waals surface area contributed by atoms with Gasteiger partial charge in [0.25, 0.3) is 5.91 Å². The van der Waals surface area contributed by atoms with Gasteiger partial charge in [0.05, 0.1) is 22.7 Å². The highest BCUT2D eigenvalue weighted by Gasteiger charge is 2.29. The van der Waals surface area contributed by atoms with Gasteiger partial charge in [-0.1, -0.05) is 12.1 Å². The summed E-state index contributed by atoms with van der Waals surface area (Å²) in [5.41, 5.74) is 2.18. The van der Waals surface area contributed by atoms with Crippen LogP contribution in [0.15, 0.2) is 39.5 Å². The lowest BCUT2D eigenvalue weighted by Crippen LogP contribution is -2.43. The maximum absolute atomic E-state index is 13.3. The van der Waals surface area contributed by atoms with Crippen molar-refractivity contribution < 1.29 is 18.7 Å². The van der Waals surface area contributed by atoms with Crippen LogP contribution in [0.25, 0.3) is 11.0 Å². The molecule has 5 rings (SSSR count). The SMILES string of the molecule is Cc1cc(C(=O)N(CCC(=O)N2CCC(n3c(=O)[nH]c4ccccc43)CC2)CC2CCCO2)c(C)o1. The summed E-state index contributed by atoms with van der Waals surface area (Å²) < 4.78 is 13.2. The lowest BCUT2D eigenvalue weighted by atomic mass is 10.0. The average Bonchev–Trinajstić information content (AvgIpc) is 3.59. The summed E-state index contributed by atoms with van der Waals surface area (Å²) in [5.74, 6) is 1.20. The number of nitrogens with zero attached hydrogens (tertiary/aromatic N) is 3. The van der Waals surface area contributed by atoms with Crippen LogP contribution in [0.3, 0.4) is 0 Å². The first-order valence-corrected chi connectivity index (χ1v) is 12.9. The molecule has 1 atom stereocenters. The number of carbonyl (C=O) groups excluding carboxylic acids is 2. The summed E-state index contributed by atoms with van der Waals surface area (Å²) >= 11 is 0. The molecule has 36 heavy (non-hydrogen) atoms. The number of nitrogens with one attached hydrogen (secondary N) is 1. The molecule has 2 aliphatic heterocycles. The molecule has 192 valence electrons. The molecular formula is C27H34N4O5. The van der Waals surface area contributed by atoms with Crippen LogP contribution in [0.4, 0.5) is 0 Å². The minimum Gasteiger partial charge on any atom is -0.466 e. The standard InChI is InChI=1S/C27H34N4O5/c1-18-16-22(19(2)36-18)26(33)30(17-21-6-5-15-35-21)14-11-25(32)29-12-9-20(10-13-29)31-24-8-4-3-7-23(24)28-27(31)34/h3-4,7-8,16,20-21H,5-6,9-15,17H2,1-2H3,(H,28,34). The fraction of sp³-hybridized carbons (Fsp3) is 0.519. The number of carbonyl (C=O) groups is 2. The zero-order valence-electron chi connectivity index (χ0n) is 21.0. The van der Waals surface area contributed by atoms with Crippen LogP contribution < -0.4 is 5.69 Å². The maximum Gasteiger partial charge on any atom is 0.326 e. The van der Waals surface area contributed by atoms with Gasteiger partial charge in [-0.2, -0.15) is 0 Å². The Morgan fingerprint density at radius 3 is 2.61 bits per heavy atom. The number of fused-ring (bicyclic) bond motifs is 1. The molecule has 0 radical (unpaired) electrons. The number of imidazole rings is 1. The summed E-state index contributed by atoms with van der Waals surface area (Å²) in [4.78, 5) is 45.5. The molecule has 1 aromatic carbocycles. The number of amides is 2. The Kier molecular flexibility index (Phi) is 7.00. The first-order chi connectivity index (χ1) is 17.4. The molecule has 2 aromatic heterocycles. The number of hydrogen-bond acceptors (Lipinski definition) is 5. The number of aromatic nitrogens is 2. The van der Waals surface area contributed by atoms with Gasteiger partial charge in [0.2, 0.25) is 5.91 Å². The van der Waals surface area contributed by atoms with Gasteiger partial charge < -0.3 is 23.9 Å². The maximum atomic E-state index is 13.3. The van der Waals surface area contributed by atoms with Crippen molar-refractivity contribution in [2.24, 2.45) is 0 Å². The van der Waals surface area contributed by atoms with Gasteiger partial charge in [0.15, 0.2) is 0 Å². The number of aromatic amines is 1. The number of furan rings is 1. The van der Waals surface area contributed by atoms with Crippen molar-refractivity contribution in [3.05, 3.63) is 57.9 Å². The largest absolute Gasteiger partial charge is 0.466 e. The van der Waals surface area contributed by atoms with Crippen molar-refractivity contribution in [2.45, 2.75) is 58.1 Å². The van der Waals surface area contributed by atoms with Crippen molar-refractivity contribution in [3.63, 3.8) is 0 Å². The molecule has 2 aliphatic rings. The third-order valence-electron chi connectivity index (χ3n) is 7.41. The fourth-order valence-electron chi connectivity index (χ4n) is 5.52. The molecule has 0 saturated carbocycles. The molecule has 4 heterocycles. The van der Waals surface area contributed by atoms with Gasteiger partial charge in [-0.05, 0) is 57.7 Å². The van der Waals surface area contributed by atoms with Gasteiger partial charge in [-0.15, -0.1) is 0 Å². The average molecular weight is 495 g/mol. The van der Waals surface area contributed by atoms with Gasteiger partial charge in [-0.25, -0.2) is 4.79 Å². The van der Waals surface area contributed by atoms with Crippen LogP contribution in [-0.2, 0) is 9.53 Å². The van der Waals surface area contributed by atoms with E-state index in [1.807, 2.05) is 40.7 Å². The molecule has 9 heteroatoms. The number of hydrogen-bond donors (Lipinski definition) is 1. The van der Waals surface area contributed by atoms with E-state index in [0.29, 0.717) is 49.9 Å². The van der Waals surface area contributed by atoms with Crippen molar-refractivity contribution in [1.29, 1.82) is 0 Å². The Balaban J connectivity index is 1.21. The summed E-state index contributed by atoms with van der Waals surface area (Å²) in [6.07, 6.45) is 3.61. The van der Waals surface area contributed by atoms with Gasteiger partial charge in [-0.3, -0.25) is 14.2 Å². The summed E-state index contributed by atoms with van der Waals surface area (Å²) in [6, 6.07) is 9.52. The predicted octanol–water partition coefficient (Wildman–Crippen LogP) is 3.41. The topological polar surface area (TPSA) is 101 Å². The number of ether oxygens (including phenoxy) is 1. The summed E-state index contributed by atoms with van der Waals surface area (Å²) in [7, 11) is 0. The number of rotatable bonds is 7. The highest BCUT2D eigenvalue weighted by molar-refractivity contribution is 5.95. The van der Waals surface area contributed by atoms with E-state index in [2.05, 4.69) is 4.98 Å². The minimum atomic E-state index is -0.120. The lowest BCUT2D eigenvalue weighted by Gasteiger charge is -2.33. The van der Waals surface area contributed by atoms with Crippen LogP contribution >= 0.6 is 0 Å². The highest BCUT2D eigenvalue weighted by atomic mass is 16.5. The van der Waals surface area contributed by atoms with E-state index in [-0.39, 0.29) is 36.1 Å². The monoisotopic (exact) mass is 494 g/mol. The number of aryl methyl sites for hydroxylation is 2. The molecule has 0 spiro atoms. The van der Waals surface area contributed by atoms with E-state index in [0.717, 1.165) is 36.7 Å². The van der Waals surface area contributed by atoms with Crippen LogP contribution in [0.1, 0.15) is 60.0 Å². The Hall–Kier alpha value is -3.33. The van der Waals surface area contributed by atoms with Crippen molar-refractivity contribution in [1.82, 2.24) is 19.4 Å². The Morgan fingerprint density at radius 1 is 1.14 bits per heavy atom. The Bertz CT molecular complexity index is 1290. The van der Waals surface area contributed by atoms with E-state index in [1.165, 1.54) is 0 Å². The highest BCUT2D eigenvalue weighted by Crippen LogP contribution is 2.25. The van der Waals surface area contributed by atoms with Crippen LogP contribution in [0, 0.1) is 13.8 Å². The summed E-state index contributed by atoms with van der Waals surface area (Å²) in [6.45, 7) is 6.32. The molecule has 3 aromatic rings. The smallest absolute Gasteiger partial charge is 0.326 e. The first-order valence-electron chi connectivity index (χ1n) is 12.9. The molecule has 2 fully saturated rings. The first kappa shape index (κ1) is 24.4. The van der Waals surface area contributed by atoms with Crippen molar-refractivity contribution in [3.8, 4) is 0 Å². The molecule has 2 saturated heterocycles. The molecular weight excluding hydrogens is 460 g/mol. The third kappa shape index (κ3) is 4.97. The number of para-hydroxylation sites is 2. The fourth-order valence-corrected chi connectivity index (χ4v) is 5.52. The van der Waals surface area contributed by atoms with E-state index < -0.39 is 0 Å². The van der Waals surface area contributed by atoms with Crippen LogP contribution in [0.2, 0.25) is 0 Å². The number of benzene rings is 1. The van der Waals surface area contributed by atoms with Crippen molar-refractivity contribution >= 4 is 22.8 Å². The van der Waals surface area contributed by atoms with Gasteiger partial charge in [0, 0.05) is 45.2 Å². The Morgan fingerprint density at radius 2 is 1.92 bits per heavy atom. The van der Waals surface area contributed by atoms with E-state index in [1.54, 1.807) is 17.9 Å². The second-order valence-corrected chi connectivity index (χ2v) is 9.89. The number of H-pyrrole nitrogens is 1. The molecule has 1 unspecified atom stereocenters. The number of piperidine rings is 1. The molecule has 2 amide bonds. The van der Waals surface area contributed by atoms with Crippen molar-refractivity contribution in [2.75, 3.05) is 32.8 Å². The van der Waals surface area contributed by atoms with Gasteiger partial charge in [0.1, 0.15) is 11.5 Å². The van der Waals surface area contributed by atoms with E-state index in [4.69, 9.17) is 9.15 Å². The van der Waals surface area contributed by atoms with E-state index >= 15 is 0 Å². The predicted molar refractivity (Wildman–Crippen MR) is 135 cm³/mol. The molecule has 9 nitrogen and oxygen atoms in total. The van der Waals surface area contributed by atoms with Gasteiger partial charge >= 0.3 is 5.69 Å². The van der Waals surface area contributed by atoms with Crippen LogP contribution in [-0.4, -0.2) is 70.1 Å². The molecule has 0 bridgehead atoms. The Labute approximate surface area is 210 Å². The second kappa shape index (κ2) is 10.3. The third-order valence-corrected chi connectivity index (χ3v) is 7.41. The van der Waals surface area contributed by atoms with E-state index in [9.17, 15) is 14.4 Å². The normalized spacial score (nSPS) is 18.7. The number of likely N-dealkylation sites (tertiary alicyclic amines) is 1. The minimum absolute atomic E-state index is 0.00239. The quantitative estimate of drug-likeness (QED) is 0.543. The molecule has 0 aliphatic carbocycles. The van der Waals surface area contributed by atoms with Crippen LogP contribution in [0.5, 0.6) is 0 Å².